The average Bonchev–Trinajstić information content (AvgIpc) is 3.57. The number of benzene rings is 1. The summed E-state index contributed by atoms with van der Waals surface area (Å²) in [6.07, 6.45) is 4.38. The van der Waals surface area contributed by atoms with Gasteiger partial charge in [-0.25, -0.2) is 13.2 Å². The predicted molar refractivity (Wildman–Crippen MR) is 113 cm³/mol. The Morgan fingerprint density at radius 1 is 1.00 bits per heavy atom. The zero-order valence-electron chi connectivity index (χ0n) is 18.6. The van der Waals surface area contributed by atoms with Crippen molar-refractivity contribution < 1.29 is 27.5 Å². The number of nitrogens with zero attached hydrogens (tertiary/aromatic N) is 2. The lowest BCUT2D eigenvalue weighted by Crippen LogP contribution is -2.56. The van der Waals surface area contributed by atoms with E-state index in [2.05, 4.69) is 0 Å². The van der Waals surface area contributed by atoms with E-state index in [0.717, 1.165) is 18.9 Å². The normalized spacial score (nSPS) is 29.2. The van der Waals surface area contributed by atoms with Crippen LogP contribution in [0, 0.1) is 28.8 Å². The zero-order chi connectivity index (χ0) is 23.3. The Hall–Kier alpha value is -2.13. The van der Waals surface area contributed by atoms with Gasteiger partial charge in [-0.15, -0.1) is 0 Å². The van der Waals surface area contributed by atoms with Gasteiger partial charge in [0.1, 0.15) is 11.2 Å². The van der Waals surface area contributed by atoms with Crippen molar-refractivity contribution in [2.45, 2.75) is 63.1 Å². The molecule has 2 bridgehead atoms. The van der Waals surface area contributed by atoms with Gasteiger partial charge in [-0.3, -0.25) is 9.59 Å². The molecule has 0 radical (unpaired) electrons. The lowest BCUT2D eigenvalue weighted by atomic mass is 9.82. The largest absolute Gasteiger partial charge is 0.378 e. The van der Waals surface area contributed by atoms with Crippen molar-refractivity contribution >= 4 is 11.8 Å². The zero-order valence-corrected chi connectivity index (χ0v) is 18.6. The molecule has 3 heterocycles. The highest BCUT2D eigenvalue weighted by Gasteiger charge is 2.62. The highest BCUT2D eigenvalue weighted by Crippen LogP contribution is 2.52. The van der Waals surface area contributed by atoms with Crippen LogP contribution in [0.15, 0.2) is 12.1 Å². The Bertz CT molecular complexity index is 934. The Labute approximate surface area is 191 Å². The fraction of sp³-hybridized carbons (Fsp3) is 0.667. The molecule has 2 unspecified atom stereocenters. The van der Waals surface area contributed by atoms with E-state index >= 15 is 0 Å². The number of nitrogens with two attached hydrogens (primary N) is 1. The van der Waals surface area contributed by atoms with E-state index in [1.54, 1.807) is 4.90 Å². The minimum absolute atomic E-state index is 0.0112. The second-order valence-electron chi connectivity index (χ2n) is 10.0. The fourth-order valence-electron chi connectivity index (χ4n) is 6.00. The maximum atomic E-state index is 14.1. The van der Waals surface area contributed by atoms with Crippen LogP contribution >= 0.6 is 0 Å². The third-order valence-electron chi connectivity index (χ3n) is 8.02. The van der Waals surface area contributed by atoms with Crippen LogP contribution in [-0.2, 0) is 20.7 Å². The van der Waals surface area contributed by atoms with E-state index in [4.69, 9.17) is 10.5 Å². The summed E-state index contributed by atoms with van der Waals surface area (Å²) in [7, 11) is 0. The second kappa shape index (κ2) is 8.58. The predicted octanol–water partition coefficient (Wildman–Crippen LogP) is 2.38. The van der Waals surface area contributed by atoms with Gasteiger partial charge in [-0.1, -0.05) is 0 Å². The van der Waals surface area contributed by atoms with Crippen LogP contribution in [0.5, 0.6) is 0 Å². The Morgan fingerprint density at radius 2 is 1.61 bits per heavy atom. The summed E-state index contributed by atoms with van der Waals surface area (Å²) in [6, 6.07) is 1.04. The number of morpholine rings is 1. The van der Waals surface area contributed by atoms with E-state index < -0.39 is 28.9 Å². The summed E-state index contributed by atoms with van der Waals surface area (Å²) >= 11 is 0. The molecule has 33 heavy (non-hydrogen) atoms. The average molecular weight is 466 g/mol. The molecule has 5 rings (SSSR count). The Morgan fingerprint density at radius 3 is 2.21 bits per heavy atom. The van der Waals surface area contributed by atoms with Crippen LogP contribution in [0.3, 0.4) is 0 Å². The second-order valence-corrected chi connectivity index (χ2v) is 10.0. The highest BCUT2D eigenvalue weighted by molar-refractivity contribution is 6.08. The first-order valence-corrected chi connectivity index (χ1v) is 11.9. The molecule has 4 aliphatic rings. The number of rotatable bonds is 5. The van der Waals surface area contributed by atoms with E-state index in [1.165, 1.54) is 0 Å². The highest BCUT2D eigenvalue weighted by atomic mass is 19.2. The van der Waals surface area contributed by atoms with Crippen LogP contribution in [-0.4, -0.2) is 66.0 Å². The SMILES string of the molecule is N[C@H](Cc1cc(F)c(F)cc1F)C1CC2CCC(C1)N2C(=O)C1(C(=O)N2CCOCC2)CC1. The van der Waals surface area contributed by atoms with Gasteiger partial charge in [-0.05, 0) is 62.5 Å². The van der Waals surface area contributed by atoms with Crippen molar-refractivity contribution in [1.82, 2.24) is 9.80 Å². The third-order valence-corrected chi connectivity index (χ3v) is 8.02. The molecule has 2 N–H and O–H groups in total. The molecule has 0 spiro atoms. The van der Waals surface area contributed by atoms with Crippen molar-refractivity contribution in [3.63, 3.8) is 0 Å². The maximum Gasteiger partial charge on any atom is 0.238 e. The molecule has 6 nitrogen and oxygen atoms in total. The molecule has 0 aromatic heterocycles. The monoisotopic (exact) mass is 465 g/mol. The van der Waals surface area contributed by atoms with Crippen LogP contribution in [0.4, 0.5) is 13.2 Å². The maximum absolute atomic E-state index is 14.1. The number of hydrogen-bond acceptors (Lipinski definition) is 4. The number of carbonyl (C=O) groups is 2. The van der Waals surface area contributed by atoms with Crippen LogP contribution in [0.1, 0.15) is 44.1 Å². The molecule has 3 saturated heterocycles. The smallest absolute Gasteiger partial charge is 0.238 e. The van der Waals surface area contributed by atoms with Gasteiger partial charge in [0, 0.05) is 37.3 Å². The molecule has 4 fully saturated rings. The molecule has 1 aromatic rings. The van der Waals surface area contributed by atoms with Crippen molar-refractivity contribution in [3.05, 3.63) is 35.1 Å². The molecule has 2 amide bonds. The number of piperidine rings is 1. The fourth-order valence-corrected chi connectivity index (χ4v) is 6.00. The van der Waals surface area contributed by atoms with Crippen LogP contribution < -0.4 is 5.73 Å². The van der Waals surface area contributed by atoms with E-state index in [1.807, 2.05) is 4.90 Å². The Balaban J connectivity index is 1.25. The summed E-state index contributed by atoms with van der Waals surface area (Å²) in [5, 5.41) is 0. The summed E-state index contributed by atoms with van der Waals surface area (Å²) in [5.41, 5.74) is 5.55. The molecule has 1 aliphatic carbocycles. The van der Waals surface area contributed by atoms with Crippen LogP contribution in [0.2, 0.25) is 0 Å². The van der Waals surface area contributed by atoms with E-state index in [0.29, 0.717) is 58.1 Å². The van der Waals surface area contributed by atoms with Crippen molar-refractivity contribution in [2.24, 2.45) is 17.1 Å². The molecule has 1 aromatic carbocycles. The summed E-state index contributed by atoms with van der Waals surface area (Å²) < 4.78 is 46.3. The number of carbonyl (C=O) groups excluding carboxylic acids is 2. The van der Waals surface area contributed by atoms with Crippen molar-refractivity contribution in [3.8, 4) is 0 Å². The van der Waals surface area contributed by atoms with Gasteiger partial charge < -0.3 is 20.3 Å². The molecular formula is C24H30F3N3O3. The molecule has 9 heteroatoms. The first-order chi connectivity index (χ1) is 15.8. The van der Waals surface area contributed by atoms with Gasteiger partial charge in [0.15, 0.2) is 11.6 Å². The van der Waals surface area contributed by atoms with Gasteiger partial charge in [0.2, 0.25) is 11.8 Å². The number of fused-ring (bicyclic) bond motifs is 2. The molecule has 1 saturated carbocycles. The first kappa shape index (κ1) is 22.7. The van der Waals surface area contributed by atoms with Gasteiger partial charge in [0.05, 0.1) is 13.2 Å². The molecule has 180 valence electrons. The molecular weight excluding hydrogens is 435 g/mol. The summed E-state index contributed by atoms with van der Waals surface area (Å²) in [6.45, 7) is 2.06. The third kappa shape index (κ3) is 4.03. The minimum atomic E-state index is -1.21. The van der Waals surface area contributed by atoms with Gasteiger partial charge >= 0.3 is 0 Å². The summed E-state index contributed by atoms with van der Waals surface area (Å²) in [5.74, 6) is -3.16. The van der Waals surface area contributed by atoms with Gasteiger partial charge in [-0.2, -0.15) is 0 Å². The topological polar surface area (TPSA) is 75.9 Å². The van der Waals surface area contributed by atoms with Crippen molar-refractivity contribution in [2.75, 3.05) is 26.3 Å². The quantitative estimate of drug-likeness (QED) is 0.535. The lowest BCUT2D eigenvalue weighted by Gasteiger charge is -2.43. The standard InChI is InChI=1S/C24H30F3N3O3/c25-18-13-20(27)19(26)11-14(18)12-21(28)15-9-16-1-2-17(10-15)30(16)23(32)24(3-4-24)22(31)29-5-7-33-8-6-29/h11,13,15-17,21H,1-10,12,28H2/t15?,16?,17?,21-/m1/s1. The van der Waals surface area contributed by atoms with Gasteiger partial charge in [0.25, 0.3) is 0 Å². The molecule has 3 aliphatic heterocycles. The molecule has 3 atom stereocenters. The Kier molecular flexibility index (Phi) is 5.89. The lowest BCUT2D eigenvalue weighted by molar-refractivity contribution is -0.154. The summed E-state index contributed by atoms with van der Waals surface area (Å²) in [4.78, 5) is 30.5. The number of halogens is 3. The first-order valence-electron chi connectivity index (χ1n) is 11.9. The number of ether oxygens (including phenoxy) is 1. The van der Waals surface area contributed by atoms with Crippen LogP contribution in [0.25, 0.3) is 0 Å². The number of hydrogen-bond donors (Lipinski definition) is 1. The van der Waals surface area contributed by atoms with Crippen molar-refractivity contribution in [1.29, 1.82) is 0 Å². The van der Waals surface area contributed by atoms with E-state index in [-0.39, 0.29) is 41.8 Å². The minimum Gasteiger partial charge on any atom is -0.378 e. The van der Waals surface area contributed by atoms with E-state index in [9.17, 15) is 22.8 Å². The number of amides is 2.